The lowest BCUT2D eigenvalue weighted by atomic mass is 10.1. The highest BCUT2D eigenvalue weighted by molar-refractivity contribution is 5.61. The van der Waals surface area contributed by atoms with Gasteiger partial charge in [-0.15, -0.1) is 0 Å². The van der Waals surface area contributed by atoms with Gasteiger partial charge in [-0.3, -0.25) is 0 Å². The Balaban J connectivity index is 2.16. The van der Waals surface area contributed by atoms with Gasteiger partial charge in [-0.05, 0) is 36.8 Å². The second-order valence-electron chi connectivity index (χ2n) is 4.09. The number of pyridine rings is 1. The molecule has 1 atom stereocenters. The summed E-state index contributed by atoms with van der Waals surface area (Å²) in [5.74, 6) is 0.635. The number of nitrogens with zero attached hydrogens (tertiary/aromatic N) is 1. The van der Waals surface area contributed by atoms with E-state index in [1.807, 2.05) is 13.0 Å². The normalized spacial score (nSPS) is 12.1. The Bertz CT molecular complexity index is 556. The first kappa shape index (κ1) is 12.2. The van der Waals surface area contributed by atoms with E-state index in [2.05, 4.69) is 10.3 Å². The van der Waals surface area contributed by atoms with E-state index in [4.69, 9.17) is 11.5 Å². The molecule has 0 amide bonds. The number of anilines is 3. The van der Waals surface area contributed by atoms with E-state index >= 15 is 0 Å². The molecular weight excluding hydrogens is 231 g/mol. The van der Waals surface area contributed by atoms with Gasteiger partial charge < -0.3 is 16.8 Å². The van der Waals surface area contributed by atoms with Crippen LogP contribution in [0.4, 0.5) is 21.7 Å². The van der Waals surface area contributed by atoms with Crippen LogP contribution in [0.1, 0.15) is 18.5 Å². The molecule has 1 heterocycles. The number of benzene rings is 1. The Kier molecular flexibility index (Phi) is 3.32. The molecule has 0 saturated carbocycles. The van der Waals surface area contributed by atoms with Gasteiger partial charge in [0.15, 0.2) is 0 Å². The molecule has 0 radical (unpaired) electrons. The topological polar surface area (TPSA) is 77.0 Å². The third-order valence-corrected chi connectivity index (χ3v) is 2.67. The monoisotopic (exact) mass is 246 g/mol. The van der Waals surface area contributed by atoms with Gasteiger partial charge in [0, 0.05) is 0 Å². The van der Waals surface area contributed by atoms with Crippen LogP contribution in [0.25, 0.3) is 0 Å². The van der Waals surface area contributed by atoms with Crippen LogP contribution in [0.15, 0.2) is 36.4 Å². The molecule has 4 nitrogen and oxygen atoms in total. The van der Waals surface area contributed by atoms with Crippen LogP contribution in [0.2, 0.25) is 0 Å². The summed E-state index contributed by atoms with van der Waals surface area (Å²) in [5.41, 5.74) is 12.5. The van der Waals surface area contributed by atoms with Gasteiger partial charge in [-0.2, -0.15) is 0 Å². The summed E-state index contributed by atoms with van der Waals surface area (Å²) in [5, 5.41) is 3.14. The predicted molar refractivity (Wildman–Crippen MR) is 71.5 cm³/mol. The molecule has 1 aromatic carbocycles. The predicted octanol–water partition coefficient (Wildman–Crippen LogP) is 2.56. The fraction of sp³-hybridized carbons (Fsp3) is 0.154. The first-order valence-corrected chi connectivity index (χ1v) is 5.60. The maximum absolute atomic E-state index is 13.1. The van der Waals surface area contributed by atoms with Gasteiger partial charge >= 0.3 is 0 Å². The number of nitrogens with one attached hydrogen (secondary N) is 1. The van der Waals surface area contributed by atoms with Crippen molar-refractivity contribution >= 4 is 17.3 Å². The zero-order valence-corrected chi connectivity index (χ0v) is 10.0. The molecule has 2 aromatic rings. The molecule has 0 bridgehead atoms. The number of hydrogen-bond acceptors (Lipinski definition) is 4. The molecule has 94 valence electrons. The number of halogens is 1. The minimum atomic E-state index is -0.258. The third kappa shape index (κ3) is 2.68. The summed E-state index contributed by atoms with van der Waals surface area (Å²) < 4.78 is 13.1. The lowest BCUT2D eigenvalue weighted by Gasteiger charge is -2.15. The van der Waals surface area contributed by atoms with Crippen LogP contribution in [0.3, 0.4) is 0 Å². The van der Waals surface area contributed by atoms with E-state index in [9.17, 15) is 4.39 Å². The molecule has 0 spiro atoms. The Morgan fingerprint density at radius 3 is 2.67 bits per heavy atom. The molecule has 1 unspecified atom stereocenters. The number of nitrogen functional groups attached to an aromatic ring is 2. The van der Waals surface area contributed by atoms with Crippen LogP contribution >= 0.6 is 0 Å². The highest BCUT2D eigenvalue weighted by Gasteiger charge is 2.07. The Morgan fingerprint density at radius 1 is 1.22 bits per heavy atom. The Morgan fingerprint density at radius 2 is 2.00 bits per heavy atom. The molecule has 2 rings (SSSR count). The minimum absolute atomic E-state index is 0.0729. The third-order valence-electron chi connectivity index (χ3n) is 2.67. The van der Waals surface area contributed by atoms with Crippen molar-refractivity contribution in [2.24, 2.45) is 0 Å². The molecule has 5 N–H and O–H groups in total. The lowest BCUT2D eigenvalue weighted by molar-refractivity contribution is 0.623. The van der Waals surface area contributed by atoms with Gasteiger partial charge in [-0.1, -0.05) is 12.1 Å². The number of aromatic nitrogens is 1. The standard InChI is InChI=1S/C13H15FN4/c1-8(9-3-2-4-10(14)7-9)17-12-6-5-11(15)13(16)18-12/h2-8H,15H2,1H3,(H3,16,17,18). The number of hydrogen-bond donors (Lipinski definition) is 3. The summed E-state index contributed by atoms with van der Waals surface area (Å²) in [6.45, 7) is 1.92. The fourth-order valence-corrected chi connectivity index (χ4v) is 1.65. The van der Waals surface area contributed by atoms with Crippen molar-refractivity contribution in [2.75, 3.05) is 16.8 Å². The maximum Gasteiger partial charge on any atom is 0.149 e. The van der Waals surface area contributed by atoms with Crippen LogP contribution in [0.5, 0.6) is 0 Å². The first-order valence-electron chi connectivity index (χ1n) is 5.60. The quantitative estimate of drug-likeness (QED) is 0.777. The van der Waals surface area contributed by atoms with Crippen molar-refractivity contribution in [1.82, 2.24) is 4.98 Å². The van der Waals surface area contributed by atoms with E-state index in [1.165, 1.54) is 12.1 Å². The second-order valence-corrected chi connectivity index (χ2v) is 4.09. The molecule has 5 heteroatoms. The summed E-state index contributed by atoms with van der Waals surface area (Å²) in [4.78, 5) is 4.11. The zero-order chi connectivity index (χ0) is 13.1. The molecule has 0 saturated heterocycles. The smallest absolute Gasteiger partial charge is 0.149 e. The highest BCUT2D eigenvalue weighted by atomic mass is 19.1. The number of nitrogens with two attached hydrogens (primary N) is 2. The lowest BCUT2D eigenvalue weighted by Crippen LogP contribution is -2.09. The van der Waals surface area contributed by atoms with Crippen LogP contribution < -0.4 is 16.8 Å². The fourth-order valence-electron chi connectivity index (χ4n) is 1.65. The van der Waals surface area contributed by atoms with Gasteiger partial charge in [-0.25, -0.2) is 9.37 Å². The van der Waals surface area contributed by atoms with Crippen molar-refractivity contribution in [2.45, 2.75) is 13.0 Å². The van der Waals surface area contributed by atoms with Crippen molar-refractivity contribution in [3.8, 4) is 0 Å². The molecular formula is C13H15FN4. The largest absolute Gasteiger partial charge is 0.396 e. The second kappa shape index (κ2) is 4.91. The van der Waals surface area contributed by atoms with Crippen LogP contribution in [-0.2, 0) is 0 Å². The Hall–Kier alpha value is -2.30. The zero-order valence-electron chi connectivity index (χ0n) is 10.0. The van der Waals surface area contributed by atoms with Crippen LogP contribution in [0, 0.1) is 5.82 Å². The van der Waals surface area contributed by atoms with E-state index in [0.29, 0.717) is 11.5 Å². The summed E-state index contributed by atoms with van der Waals surface area (Å²) in [6, 6.07) is 9.77. The average Bonchev–Trinajstić information content (AvgIpc) is 2.34. The molecule has 18 heavy (non-hydrogen) atoms. The van der Waals surface area contributed by atoms with Crippen molar-refractivity contribution < 1.29 is 4.39 Å². The van der Waals surface area contributed by atoms with Gasteiger partial charge in [0.1, 0.15) is 17.5 Å². The first-order chi connectivity index (χ1) is 8.56. The average molecular weight is 246 g/mol. The highest BCUT2D eigenvalue weighted by Crippen LogP contribution is 2.21. The Labute approximate surface area is 105 Å². The van der Waals surface area contributed by atoms with Gasteiger partial charge in [0.25, 0.3) is 0 Å². The SMILES string of the molecule is CC(Nc1ccc(N)c(N)n1)c1cccc(F)c1. The summed E-state index contributed by atoms with van der Waals surface area (Å²) >= 11 is 0. The van der Waals surface area contributed by atoms with E-state index in [1.54, 1.807) is 18.2 Å². The van der Waals surface area contributed by atoms with Crippen molar-refractivity contribution in [3.63, 3.8) is 0 Å². The van der Waals surface area contributed by atoms with E-state index in [-0.39, 0.29) is 17.7 Å². The summed E-state index contributed by atoms with van der Waals surface area (Å²) in [6.07, 6.45) is 0. The maximum atomic E-state index is 13.1. The molecule has 0 aliphatic carbocycles. The van der Waals surface area contributed by atoms with E-state index in [0.717, 1.165) is 5.56 Å². The molecule has 0 fully saturated rings. The molecule has 0 aliphatic heterocycles. The van der Waals surface area contributed by atoms with Gasteiger partial charge in [0.05, 0.1) is 11.7 Å². The number of rotatable bonds is 3. The molecule has 1 aromatic heterocycles. The van der Waals surface area contributed by atoms with E-state index < -0.39 is 0 Å². The summed E-state index contributed by atoms with van der Waals surface area (Å²) in [7, 11) is 0. The molecule has 0 aliphatic rings. The van der Waals surface area contributed by atoms with Crippen molar-refractivity contribution in [1.29, 1.82) is 0 Å². The van der Waals surface area contributed by atoms with Crippen molar-refractivity contribution in [3.05, 3.63) is 47.8 Å². The van der Waals surface area contributed by atoms with Crippen LogP contribution in [-0.4, -0.2) is 4.98 Å². The van der Waals surface area contributed by atoms with Gasteiger partial charge in [0.2, 0.25) is 0 Å². The minimum Gasteiger partial charge on any atom is -0.396 e.